The first-order valence-corrected chi connectivity index (χ1v) is 5.28. The van der Waals surface area contributed by atoms with E-state index in [1.165, 1.54) is 6.20 Å². The average Bonchev–Trinajstić information content (AvgIpc) is 2.49. The Bertz CT molecular complexity index is 487. The number of nitrogens with one attached hydrogen (secondary N) is 1. The van der Waals surface area contributed by atoms with Crippen molar-refractivity contribution in [1.29, 1.82) is 0 Å². The topological polar surface area (TPSA) is 68.8 Å². The fourth-order valence-corrected chi connectivity index (χ4v) is 2.30. The third-order valence-electron chi connectivity index (χ3n) is 1.67. The van der Waals surface area contributed by atoms with Crippen LogP contribution in [-0.4, -0.2) is 18.7 Å². The molecule has 2 aromatic heterocycles. The van der Waals surface area contributed by atoms with E-state index in [-0.39, 0.29) is 34.5 Å². The van der Waals surface area contributed by atoms with E-state index in [1.807, 2.05) is 0 Å². The molecule has 0 saturated carbocycles. The van der Waals surface area contributed by atoms with E-state index in [0.29, 0.717) is 11.0 Å². The molecule has 0 aliphatic carbocycles. The summed E-state index contributed by atoms with van der Waals surface area (Å²) in [5.74, 6) is 0. The molecule has 0 saturated heterocycles. The van der Waals surface area contributed by atoms with Gasteiger partial charge in [-0.25, -0.2) is 4.98 Å². The van der Waals surface area contributed by atoms with Crippen molar-refractivity contribution < 1.29 is 38.3 Å². The largest absolute Gasteiger partial charge is 1.00 e. The number of fused-ring (bicyclic) bond motifs is 1. The van der Waals surface area contributed by atoms with Gasteiger partial charge < -0.3 is 9.54 Å². The number of halogens is 1. The summed E-state index contributed by atoms with van der Waals surface area (Å²) >= 11 is 1.03. The Kier molecular flexibility index (Phi) is 4.30. The molecule has 7 heteroatoms. The Morgan fingerprint density at radius 1 is 1.57 bits per heavy atom. The summed E-state index contributed by atoms with van der Waals surface area (Å²) in [6, 6.07) is 1.70. The number of H-pyrrole nitrogens is 1. The van der Waals surface area contributed by atoms with Gasteiger partial charge in [-0.1, -0.05) is 0 Å². The zero-order valence-electron chi connectivity index (χ0n) is 7.28. The first-order valence-electron chi connectivity index (χ1n) is 3.41. The van der Waals surface area contributed by atoms with Crippen LogP contribution in [0.5, 0.6) is 0 Å². The molecular formula is C7H4BrN2NaO2S. The predicted octanol–water partition coefficient (Wildman–Crippen LogP) is -1.43. The molecule has 2 rings (SSSR count). The Balaban J connectivity index is 0.000000980. The Labute approximate surface area is 113 Å². The smallest absolute Gasteiger partial charge is 0.768 e. The van der Waals surface area contributed by atoms with Crippen LogP contribution in [0.25, 0.3) is 11.0 Å². The summed E-state index contributed by atoms with van der Waals surface area (Å²) in [4.78, 5) is 6.99. The van der Waals surface area contributed by atoms with Gasteiger partial charge in [-0.15, -0.1) is 0 Å². The number of nitrogens with zero attached hydrogens (tertiary/aromatic N) is 1. The molecule has 1 N–H and O–H groups in total. The summed E-state index contributed by atoms with van der Waals surface area (Å²) in [5, 5.41) is 0.593. The van der Waals surface area contributed by atoms with Crippen molar-refractivity contribution in [3.8, 4) is 0 Å². The van der Waals surface area contributed by atoms with Gasteiger partial charge in [-0.2, -0.15) is 0 Å². The number of pyridine rings is 1. The average molecular weight is 283 g/mol. The second kappa shape index (κ2) is 4.87. The van der Waals surface area contributed by atoms with Gasteiger partial charge in [0.1, 0.15) is 5.65 Å². The van der Waals surface area contributed by atoms with Gasteiger partial charge in [0.25, 0.3) is 0 Å². The van der Waals surface area contributed by atoms with Crippen LogP contribution in [0.1, 0.15) is 0 Å². The maximum Gasteiger partial charge on any atom is 1.00 e. The number of aromatic amines is 1. The maximum absolute atomic E-state index is 10.8. The number of hydrogen-bond acceptors (Lipinski definition) is 3. The summed E-state index contributed by atoms with van der Waals surface area (Å²) in [7, 11) is 0. The first kappa shape index (κ1) is 12.4. The van der Waals surface area contributed by atoms with Crippen molar-refractivity contribution in [1.82, 2.24) is 9.97 Å². The first-order chi connectivity index (χ1) is 6.20. The van der Waals surface area contributed by atoms with Crippen LogP contribution < -0.4 is 29.6 Å². The van der Waals surface area contributed by atoms with Crippen molar-refractivity contribution >= 4 is 38.0 Å². The fourth-order valence-electron chi connectivity index (χ4n) is 1.12. The van der Waals surface area contributed by atoms with Gasteiger partial charge in [-0.3, -0.25) is 4.21 Å². The Morgan fingerprint density at radius 3 is 2.93 bits per heavy atom. The third-order valence-corrected chi connectivity index (χ3v) is 3.01. The van der Waals surface area contributed by atoms with E-state index < -0.39 is 11.1 Å². The van der Waals surface area contributed by atoms with E-state index >= 15 is 0 Å². The van der Waals surface area contributed by atoms with E-state index in [4.69, 9.17) is 0 Å². The third kappa shape index (κ3) is 2.10. The molecule has 0 aliphatic rings. The van der Waals surface area contributed by atoms with E-state index in [2.05, 4.69) is 25.9 Å². The number of aromatic nitrogens is 2. The zero-order valence-corrected chi connectivity index (χ0v) is 11.7. The molecule has 0 amide bonds. The molecular weight excluding hydrogens is 279 g/mol. The molecule has 2 heterocycles. The van der Waals surface area contributed by atoms with Crippen LogP contribution in [-0.2, 0) is 11.1 Å². The molecule has 0 aromatic carbocycles. The van der Waals surface area contributed by atoms with Crippen LogP contribution in [0.4, 0.5) is 0 Å². The minimum Gasteiger partial charge on any atom is -0.768 e. The Morgan fingerprint density at radius 2 is 2.29 bits per heavy atom. The summed E-state index contributed by atoms with van der Waals surface area (Å²) < 4.78 is 22.2. The van der Waals surface area contributed by atoms with Crippen molar-refractivity contribution in [2.75, 3.05) is 0 Å². The van der Waals surface area contributed by atoms with Crippen molar-refractivity contribution in [2.45, 2.75) is 4.90 Å². The van der Waals surface area contributed by atoms with Gasteiger partial charge in [-0.05, 0) is 33.1 Å². The molecule has 1 atom stereocenters. The number of hydrogen-bond donors (Lipinski definition) is 1. The molecule has 0 radical (unpaired) electrons. The van der Waals surface area contributed by atoms with Crippen LogP contribution in [0.15, 0.2) is 27.8 Å². The molecule has 0 fully saturated rings. The minimum absolute atomic E-state index is 0. The summed E-state index contributed by atoms with van der Waals surface area (Å²) in [6.07, 6.45) is 3.02. The zero-order chi connectivity index (χ0) is 9.42. The van der Waals surface area contributed by atoms with Gasteiger partial charge >= 0.3 is 29.6 Å². The minimum atomic E-state index is -2.23. The molecule has 14 heavy (non-hydrogen) atoms. The SMILES string of the molecule is O=S([O-])c1c[nH]c2nccc(Br)c12.[Na+]. The normalized spacial score (nSPS) is 12.4. The van der Waals surface area contributed by atoms with Gasteiger partial charge in [0.15, 0.2) is 0 Å². The second-order valence-corrected chi connectivity index (χ2v) is 4.17. The van der Waals surface area contributed by atoms with Crippen molar-refractivity contribution in [3.63, 3.8) is 0 Å². The quantitative estimate of drug-likeness (QED) is 0.515. The predicted molar refractivity (Wildman–Crippen MR) is 51.0 cm³/mol. The summed E-state index contributed by atoms with van der Waals surface area (Å²) in [6.45, 7) is 0. The van der Waals surface area contributed by atoms with Gasteiger partial charge in [0.05, 0.1) is 4.90 Å². The fraction of sp³-hybridized carbons (Fsp3) is 0. The second-order valence-electron chi connectivity index (χ2n) is 2.40. The molecule has 2 aromatic rings. The monoisotopic (exact) mass is 282 g/mol. The van der Waals surface area contributed by atoms with Crippen LogP contribution >= 0.6 is 15.9 Å². The van der Waals surface area contributed by atoms with Crippen LogP contribution in [0.2, 0.25) is 0 Å². The van der Waals surface area contributed by atoms with E-state index in [1.54, 1.807) is 12.3 Å². The molecule has 4 nitrogen and oxygen atoms in total. The van der Waals surface area contributed by atoms with E-state index in [0.717, 1.165) is 4.47 Å². The summed E-state index contributed by atoms with van der Waals surface area (Å²) in [5.41, 5.74) is 0.563. The van der Waals surface area contributed by atoms with Crippen LogP contribution in [0.3, 0.4) is 0 Å². The van der Waals surface area contributed by atoms with Gasteiger partial charge in [0.2, 0.25) is 0 Å². The molecule has 0 spiro atoms. The van der Waals surface area contributed by atoms with E-state index in [9.17, 15) is 8.76 Å². The standard InChI is InChI=1S/C7H5BrN2O2S.Na/c8-4-1-2-9-7-6(4)5(3-10-7)13(11)12;/h1-3H,(H,9,10)(H,11,12);/q;+1/p-1. The van der Waals surface area contributed by atoms with Crippen molar-refractivity contribution in [2.24, 2.45) is 0 Å². The molecule has 68 valence electrons. The maximum atomic E-state index is 10.8. The van der Waals surface area contributed by atoms with Crippen molar-refractivity contribution in [3.05, 3.63) is 22.9 Å². The van der Waals surface area contributed by atoms with Gasteiger partial charge in [0, 0.05) is 22.3 Å². The molecule has 1 unspecified atom stereocenters. The molecule has 0 bridgehead atoms. The Hall–Kier alpha value is 0.280. The number of rotatable bonds is 1. The molecule has 0 aliphatic heterocycles. The van der Waals surface area contributed by atoms with Crippen LogP contribution in [0, 0.1) is 0 Å².